The second-order valence-electron chi connectivity index (χ2n) is 7.15. The summed E-state index contributed by atoms with van der Waals surface area (Å²) in [6.45, 7) is 4.93. The van der Waals surface area contributed by atoms with Gasteiger partial charge in [0.15, 0.2) is 5.96 Å². The van der Waals surface area contributed by atoms with Gasteiger partial charge < -0.3 is 15.4 Å². The van der Waals surface area contributed by atoms with E-state index in [1.54, 1.807) is 27.3 Å². The molecular formula is C18H32N4O3S2. The maximum atomic E-state index is 12.2. The summed E-state index contributed by atoms with van der Waals surface area (Å²) in [7, 11) is 1.45. The van der Waals surface area contributed by atoms with Crippen LogP contribution in [0.25, 0.3) is 0 Å². The molecule has 7 nitrogen and oxygen atoms in total. The van der Waals surface area contributed by atoms with Crippen LogP contribution in [-0.4, -0.2) is 59.6 Å². The van der Waals surface area contributed by atoms with Crippen molar-refractivity contribution in [1.29, 1.82) is 0 Å². The molecule has 0 bridgehead atoms. The number of thiophene rings is 1. The van der Waals surface area contributed by atoms with Crippen molar-refractivity contribution in [3.63, 3.8) is 0 Å². The van der Waals surface area contributed by atoms with Crippen LogP contribution in [0.4, 0.5) is 0 Å². The smallest absolute Gasteiger partial charge is 0.252 e. The molecule has 154 valence electrons. The lowest BCUT2D eigenvalue weighted by atomic mass is 9.67. The van der Waals surface area contributed by atoms with E-state index in [0.29, 0.717) is 16.2 Å². The van der Waals surface area contributed by atoms with E-state index in [9.17, 15) is 8.42 Å². The van der Waals surface area contributed by atoms with Crippen molar-refractivity contribution in [3.8, 4) is 0 Å². The lowest BCUT2D eigenvalue weighted by Gasteiger charge is -2.42. The van der Waals surface area contributed by atoms with Crippen LogP contribution < -0.4 is 10.6 Å². The van der Waals surface area contributed by atoms with Crippen molar-refractivity contribution >= 4 is 27.3 Å². The minimum atomic E-state index is -3.38. The fourth-order valence-corrected chi connectivity index (χ4v) is 5.49. The first kappa shape index (κ1) is 22.1. The minimum absolute atomic E-state index is 0.308. The summed E-state index contributed by atoms with van der Waals surface area (Å²) in [5.74, 6) is 0.770. The number of methoxy groups -OCH3 is 1. The minimum Gasteiger partial charge on any atom is -0.385 e. The van der Waals surface area contributed by atoms with Crippen LogP contribution in [0.15, 0.2) is 21.3 Å². The lowest BCUT2D eigenvalue weighted by Crippen LogP contribution is -2.46. The van der Waals surface area contributed by atoms with Crippen molar-refractivity contribution < 1.29 is 13.2 Å². The van der Waals surface area contributed by atoms with E-state index in [0.717, 1.165) is 37.0 Å². The predicted octanol–water partition coefficient (Wildman–Crippen LogP) is 2.26. The Morgan fingerprint density at radius 2 is 2.07 bits per heavy atom. The van der Waals surface area contributed by atoms with Gasteiger partial charge in [-0.1, -0.05) is 6.42 Å². The molecule has 0 unspecified atom stereocenters. The molecule has 1 fully saturated rings. The van der Waals surface area contributed by atoms with Gasteiger partial charge in [-0.05, 0) is 43.7 Å². The average molecular weight is 417 g/mol. The number of aliphatic imine (C=N–C) groups is 1. The van der Waals surface area contributed by atoms with Crippen LogP contribution in [0.5, 0.6) is 0 Å². The van der Waals surface area contributed by atoms with E-state index in [1.165, 1.54) is 34.9 Å². The monoisotopic (exact) mass is 416 g/mol. The molecule has 1 aromatic rings. The number of nitrogens with zero attached hydrogens (tertiary/aromatic N) is 2. The Morgan fingerprint density at radius 1 is 1.33 bits per heavy atom. The molecule has 0 saturated heterocycles. The van der Waals surface area contributed by atoms with Crippen LogP contribution >= 0.6 is 11.3 Å². The van der Waals surface area contributed by atoms with E-state index >= 15 is 0 Å². The molecular weight excluding hydrogens is 384 g/mol. The van der Waals surface area contributed by atoms with Gasteiger partial charge in [0.1, 0.15) is 4.21 Å². The molecule has 1 heterocycles. The van der Waals surface area contributed by atoms with Gasteiger partial charge in [0, 0.05) is 45.8 Å². The average Bonchev–Trinajstić information content (AvgIpc) is 3.08. The molecule has 0 radical (unpaired) electrons. The van der Waals surface area contributed by atoms with Crippen molar-refractivity contribution in [2.24, 2.45) is 10.4 Å². The van der Waals surface area contributed by atoms with E-state index in [-0.39, 0.29) is 0 Å². The largest absolute Gasteiger partial charge is 0.385 e. The molecule has 0 amide bonds. The van der Waals surface area contributed by atoms with Gasteiger partial charge in [-0.15, -0.1) is 11.3 Å². The van der Waals surface area contributed by atoms with Crippen LogP contribution in [0, 0.1) is 5.41 Å². The molecule has 9 heteroatoms. The molecule has 0 atom stereocenters. The summed E-state index contributed by atoms with van der Waals surface area (Å²) >= 11 is 1.27. The summed E-state index contributed by atoms with van der Waals surface area (Å²) < 4.78 is 31.2. The molecule has 0 aliphatic heterocycles. The molecule has 0 spiro atoms. The van der Waals surface area contributed by atoms with E-state index in [4.69, 9.17) is 4.74 Å². The summed E-state index contributed by atoms with van der Waals surface area (Å²) in [4.78, 5) is 5.55. The molecule has 0 aromatic carbocycles. The van der Waals surface area contributed by atoms with Gasteiger partial charge in [-0.2, -0.15) is 0 Å². The van der Waals surface area contributed by atoms with Crippen molar-refractivity contribution in [1.82, 2.24) is 14.9 Å². The SMILES string of the molecule is CCNC(=NCc1ccc(S(=O)(=O)N(C)C)s1)NCC1(CCOC)CCC1. The van der Waals surface area contributed by atoms with Crippen molar-refractivity contribution in [2.45, 2.75) is 43.4 Å². The number of hydrogen-bond acceptors (Lipinski definition) is 5. The zero-order valence-corrected chi connectivity index (χ0v) is 18.4. The summed E-state index contributed by atoms with van der Waals surface area (Å²) in [5, 5.41) is 6.73. The molecule has 2 rings (SSSR count). The van der Waals surface area contributed by atoms with Gasteiger partial charge in [0.2, 0.25) is 0 Å². The Morgan fingerprint density at radius 3 is 2.63 bits per heavy atom. The molecule has 1 aromatic heterocycles. The third-order valence-corrected chi connectivity index (χ3v) is 8.34. The van der Waals surface area contributed by atoms with E-state index in [2.05, 4.69) is 15.6 Å². The third-order valence-electron chi connectivity index (χ3n) is 4.99. The molecule has 1 aliphatic carbocycles. The fraction of sp³-hybridized carbons (Fsp3) is 0.722. The normalized spacial score (nSPS) is 17.0. The highest BCUT2D eigenvalue weighted by Gasteiger charge is 2.36. The Balaban J connectivity index is 1.98. The summed E-state index contributed by atoms with van der Waals surface area (Å²) in [6, 6.07) is 3.49. The van der Waals surface area contributed by atoms with Gasteiger partial charge in [-0.25, -0.2) is 17.7 Å². The fourth-order valence-electron chi connectivity index (χ4n) is 3.04. The number of sulfonamides is 1. The molecule has 1 saturated carbocycles. The van der Waals surface area contributed by atoms with Crippen LogP contribution in [0.1, 0.15) is 37.5 Å². The second-order valence-corrected chi connectivity index (χ2v) is 10.7. The maximum Gasteiger partial charge on any atom is 0.252 e. The van der Waals surface area contributed by atoms with Crippen molar-refractivity contribution in [3.05, 3.63) is 17.0 Å². The number of ether oxygens (including phenoxy) is 1. The van der Waals surface area contributed by atoms with Gasteiger partial charge in [-0.3, -0.25) is 0 Å². The topological polar surface area (TPSA) is 83.0 Å². The Bertz CT molecular complexity index is 725. The van der Waals surface area contributed by atoms with Crippen molar-refractivity contribution in [2.75, 3.05) is 40.9 Å². The molecule has 27 heavy (non-hydrogen) atoms. The first-order valence-corrected chi connectivity index (χ1v) is 11.6. The first-order valence-electron chi connectivity index (χ1n) is 9.35. The zero-order chi connectivity index (χ0) is 19.9. The predicted molar refractivity (Wildman–Crippen MR) is 111 cm³/mol. The van der Waals surface area contributed by atoms with Gasteiger partial charge in [0.25, 0.3) is 10.0 Å². The quantitative estimate of drug-likeness (QED) is 0.452. The lowest BCUT2D eigenvalue weighted by molar-refractivity contribution is 0.0732. The van der Waals surface area contributed by atoms with E-state index < -0.39 is 10.0 Å². The maximum absolute atomic E-state index is 12.2. The highest BCUT2D eigenvalue weighted by atomic mass is 32.2. The van der Waals surface area contributed by atoms with E-state index in [1.807, 2.05) is 13.0 Å². The van der Waals surface area contributed by atoms with Crippen LogP contribution in [-0.2, 0) is 21.3 Å². The zero-order valence-electron chi connectivity index (χ0n) is 16.7. The van der Waals surface area contributed by atoms with Crippen LogP contribution in [0.2, 0.25) is 0 Å². The number of nitrogens with one attached hydrogen (secondary N) is 2. The Kier molecular flexibility index (Phi) is 8.08. The highest BCUT2D eigenvalue weighted by Crippen LogP contribution is 2.43. The standard InChI is InChI=1S/C18H32N4O3S2/c1-5-19-17(21-14-18(9-6-10-18)11-12-25-4)20-13-15-7-8-16(26-15)27(23,24)22(2)3/h7-8H,5-6,9-14H2,1-4H3,(H2,19,20,21). The second kappa shape index (κ2) is 9.86. The summed E-state index contributed by atoms with van der Waals surface area (Å²) in [5.41, 5.74) is 0.308. The molecule has 2 N–H and O–H groups in total. The van der Waals surface area contributed by atoms with Crippen LogP contribution in [0.3, 0.4) is 0 Å². The third kappa shape index (κ3) is 5.91. The first-order chi connectivity index (χ1) is 12.8. The number of rotatable bonds is 10. The van der Waals surface area contributed by atoms with Gasteiger partial charge in [0.05, 0.1) is 6.54 Å². The molecule has 1 aliphatic rings. The highest BCUT2D eigenvalue weighted by molar-refractivity contribution is 7.91. The number of hydrogen-bond donors (Lipinski definition) is 2. The van der Waals surface area contributed by atoms with Gasteiger partial charge >= 0.3 is 0 Å². The summed E-state index contributed by atoms with van der Waals surface area (Å²) in [6.07, 6.45) is 4.78. The number of guanidine groups is 1. The Labute approximate surface area is 167 Å². The Hall–Kier alpha value is -1.16.